The van der Waals surface area contributed by atoms with Crippen molar-refractivity contribution in [3.63, 3.8) is 0 Å². The van der Waals surface area contributed by atoms with E-state index < -0.39 is 17.8 Å². The fourth-order valence-corrected chi connectivity index (χ4v) is 2.88. The van der Waals surface area contributed by atoms with Crippen molar-refractivity contribution in [2.45, 2.75) is 32.6 Å². The number of anilines is 1. The Morgan fingerprint density at radius 2 is 1.90 bits per heavy atom. The smallest absolute Gasteiger partial charge is 0.434 e. The summed E-state index contributed by atoms with van der Waals surface area (Å²) in [6.45, 7) is 3.77. The number of carbonyl (C=O) groups is 1. The number of carboxylic acid groups (broad SMARTS) is 1. The van der Waals surface area contributed by atoms with E-state index in [9.17, 15) is 23.1 Å². The Balaban J connectivity index is 1.82. The van der Waals surface area contributed by atoms with Crippen molar-refractivity contribution in [1.29, 1.82) is 0 Å². The van der Waals surface area contributed by atoms with Gasteiger partial charge in [0.1, 0.15) is 17.2 Å². The zero-order valence-electron chi connectivity index (χ0n) is 15.9. The molecule has 0 saturated carbocycles. The summed E-state index contributed by atoms with van der Waals surface area (Å²) in [4.78, 5) is 22.5. The van der Waals surface area contributed by atoms with Gasteiger partial charge in [0.05, 0.1) is 0 Å². The highest BCUT2D eigenvalue weighted by atomic mass is 35.5. The van der Waals surface area contributed by atoms with E-state index in [1.807, 2.05) is 0 Å². The van der Waals surface area contributed by atoms with Crippen LogP contribution in [0.1, 0.15) is 41.5 Å². The summed E-state index contributed by atoms with van der Waals surface area (Å²) in [6.07, 6.45) is -2.42. The molecule has 2 N–H and O–H groups in total. The number of aromatic nitrogens is 4. The average molecular weight is 440 g/mol. The molecule has 0 aliphatic rings. The highest BCUT2D eigenvalue weighted by molar-refractivity contribution is 6.28. The van der Waals surface area contributed by atoms with Gasteiger partial charge in [-0.1, -0.05) is 24.3 Å². The molecule has 0 aliphatic carbocycles. The first-order valence-electron chi connectivity index (χ1n) is 8.81. The van der Waals surface area contributed by atoms with Crippen LogP contribution in [0.25, 0.3) is 11.4 Å². The number of nitrogens with one attached hydrogen (secondary N) is 1. The van der Waals surface area contributed by atoms with Gasteiger partial charge in [0.2, 0.25) is 5.28 Å². The van der Waals surface area contributed by atoms with Gasteiger partial charge < -0.3 is 15.0 Å². The number of benzene rings is 1. The van der Waals surface area contributed by atoms with Crippen molar-refractivity contribution in [2.75, 3.05) is 5.32 Å². The van der Waals surface area contributed by atoms with E-state index in [1.165, 1.54) is 4.57 Å². The predicted octanol–water partition coefficient (Wildman–Crippen LogP) is 4.90. The summed E-state index contributed by atoms with van der Waals surface area (Å²) >= 11 is 5.72. The molecule has 0 atom stereocenters. The standard InChI is InChI=1S/C19H17ClF3N5O2/c1-10(2)28-9-14(19(21,22)23)26-16(28)12-5-3-11(4-6-12)7-24-15-13(17(29)30)8-25-18(20)27-15/h3-6,8-10H,7H2,1-2H3,(H,29,30)(H,24,25,27). The van der Waals surface area contributed by atoms with Crippen LogP contribution in [0.4, 0.5) is 19.0 Å². The van der Waals surface area contributed by atoms with Crippen LogP contribution >= 0.6 is 11.6 Å². The third-order valence-corrected chi connectivity index (χ3v) is 4.42. The monoisotopic (exact) mass is 439 g/mol. The van der Waals surface area contributed by atoms with Crippen molar-refractivity contribution in [2.24, 2.45) is 0 Å². The minimum Gasteiger partial charge on any atom is -0.477 e. The third-order valence-electron chi connectivity index (χ3n) is 4.24. The number of aromatic carboxylic acids is 1. The predicted molar refractivity (Wildman–Crippen MR) is 104 cm³/mol. The van der Waals surface area contributed by atoms with Gasteiger partial charge in [-0.3, -0.25) is 0 Å². The molecule has 7 nitrogen and oxygen atoms in total. The topological polar surface area (TPSA) is 92.9 Å². The quantitative estimate of drug-likeness (QED) is 0.530. The van der Waals surface area contributed by atoms with Crippen LogP contribution in [0.5, 0.6) is 0 Å². The molecule has 0 bridgehead atoms. The second-order valence-corrected chi connectivity index (χ2v) is 7.04. The lowest BCUT2D eigenvalue weighted by Gasteiger charge is -2.12. The first-order chi connectivity index (χ1) is 14.1. The second kappa shape index (κ2) is 8.31. The molecular formula is C19H17ClF3N5O2. The second-order valence-electron chi connectivity index (χ2n) is 6.71. The molecule has 11 heteroatoms. The molecule has 0 spiro atoms. The number of rotatable bonds is 6. The molecule has 1 aromatic carbocycles. The zero-order valence-corrected chi connectivity index (χ0v) is 16.7. The van der Waals surface area contributed by atoms with E-state index in [1.54, 1.807) is 38.1 Å². The summed E-state index contributed by atoms with van der Waals surface area (Å²) < 4.78 is 40.6. The van der Waals surface area contributed by atoms with Gasteiger partial charge in [-0.15, -0.1) is 0 Å². The van der Waals surface area contributed by atoms with Gasteiger partial charge in [0.25, 0.3) is 0 Å². The molecule has 0 radical (unpaired) electrons. The molecule has 3 rings (SSSR count). The fraction of sp³-hybridized carbons (Fsp3) is 0.263. The number of nitrogens with zero attached hydrogens (tertiary/aromatic N) is 4. The van der Waals surface area contributed by atoms with E-state index in [-0.39, 0.29) is 35.1 Å². The van der Waals surface area contributed by atoms with Crippen LogP contribution in [0.2, 0.25) is 5.28 Å². The normalized spacial score (nSPS) is 11.7. The molecule has 0 fully saturated rings. The molecule has 0 saturated heterocycles. The van der Waals surface area contributed by atoms with Crippen molar-refractivity contribution < 1.29 is 23.1 Å². The Morgan fingerprint density at radius 3 is 2.47 bits per heavy atom. The van der Waals surface area contributed by atoms with Crippen molar-refractivity contribution in [1.82, 2.24) is 19.5 Å². The SMILES string of the molecule is CC(C)n1cc(C(F)(F)F)nc1-c1ccc(CNc2nc(Cl)ncc2C(=O)O)cc1. The molecular weight excluding hydrogens is 423 g/mol. The van der Waals surface area contributed by atoms with E-state index in [0.29, 0.717) is 5.56 Å². The first-order valence-corrected chi connectivity index (χ1v) is 9.19. The van der Waals surface area contributed by atoms with Gasteiger partial charge in [-0.05, 0) is 31.0 Å². The number of carboxylic acids is 1. The van der Waals surface area contributed by atoms with Crippen LogP contribution in [-0.2, 0) is 12.7 Å². The average Bonchev–Trinajstić information content (AvgIpc) is 3.13. The Morgan fingerprint density at radius 1 is 1.23 bits per heavy atom. The summed E-state index contributed by atoms with van der Waals surface area (Å²) in [5.74, 6) is -0.921. The Bertz CT molecular complexity index is 1070. The summed E-state index contributed by atoms with van der Waals surface area (Å²) in [6, 6.07) is 6.52. The van der Waals surface area contributed by atoms with Crippen LogP contribution in [-0.4, -0.2) is 30.6 Å². The molecule has 0 unspecified atom stereocenters. The van der Waals surface area contributed by atoms with Crippen LogP contribution < -0.4 is 5.32 Å². The lowest BCUT2D eigenvalue weighted by atomic mass is 10.1. The largest absolute Gasteiger partial charge is 0.477 e. The highest BCUT2D eigenvalue weighted by Crippen LogP contribution is 2.32. The molecule has 158 valence electrons. The summed E-state index contributed by atoms with van der Waals surface area (Å²) in [5, 5.41) is 12.0. The Kier molecular flexibility index (Phi) is 5.97. The molecule has 2 aromatic heterocycles. The van der Waals surface area contributed by atoms with Crippen LogP contribution in [0.3, 0.4) is 0 Å². The fourth-order valence-electron chi connectivity index (χ4n) is 2.75. The molecule has 30 heavy (non-hydrogen) atoms. The van der Waals surface area contributed by atoms with Gasteiger partial charge >= 0.3 is 12.1 Å². The highest BCUT2D eigenvalue weighted by Gasteiger charge is 2.35. The molecule has 0 amide bonds. The van der Waals surface area contributed by atoms with Crippen molar-refractivity contribution in [3.05, 3.63) is 58.8 Å². The maximum Gasteiger partial charge on any atom is 0.434 e. The number of imidazole rings is 1. The van der Waals surface area contributed by atoms with Crippen molar-refractivity contribution >= 4 is 23.4 Å². The van der Waals surface area contributed by atoms with E-state index in [0.717, 1.165) is 18.0 Å². The lowest BCUT2D eigenvalue weighted by Crippen LogP contribution is -2.09. The first kappa shape index (κ1) is 21.6. The number of hydrogen-bond acceptors (Lipinski definition) is 5. The third kappa shape index (κ3) is 4.70. The minimum absolute atomic E-state index is 0.0664. The van der Waals surface area contributed by atoms with Gasteiger partial charge in [-0.25, -0.2) is 14.8 Å². The van der Waals surface area contributed by atoms with Gasteiger partial charge in [-0.2, -0.15) is 18.2 Å². The molecule has 2 heterocycles. The van der Waals surface area contributed by atoms with E-state index >= 15 is 0 Å². The minimum atomic E-state index is -4.53. The lowest BCUT2D eigenvalue weighted by molar-refractivity contribution is -0.140. The number of alkyl halides is 3. The van der Waals surface area contributed by atoms with E-state index in [2.05, 4.69) is 20.3 Å². The maximum atomic E-state index is 13.1. The summed E-state index contributed by atoms with van der Waals surface area (Å²) in [5.41, 5.74) is 0.205. The van der Waals surface area contributed by atoms with Crippen molar-refractivity contribution in [3.8, 4) is 11.4 Å². The Hall–Kier alpha value is -3.14. The number of halogens is 4. The molecule has 3 aromatic rings. The maximum absolute atomic E-state index is 13.1. The number of hydrogen-bond donors (Lipinski definition) is 2. The van der Waals surface area contributed by atoms with Gasteiger partial charge in [0, 0.05) is 30.5 Å². The molecule has 0 aliphatic heterocycles. The van der Waals surface area contributed by atoms with E-state index in [4.69, 9.17) is 11.6 Å². The van der Waals surface area contributed by atoms with Gasteiger partial charge in [0.15, 0.2) is 5.69 Å². The van der Waals surface area contributed by atoms with Crippen LogP contribution in [0.15, 0.2) is 36.7 Å². The zero-order chi connectivity index (χ0) is 22.1. The summed E-state index contributed by atoms with van der Waals surface area (Å²) in [7, 11) is 0. The van der Waals surface area contributed by atoms with Crippen LogP contribution in [0, 0.1) is 0 Å². The Labute approximate surface area is 174 Å².